The van der Waals surface area contributed by atoms with Crippen molar-refractivity contribution >= 4 is 29.1 Å². The molecule has 1 atom stereocenters. The number of ether oxygens (including phenoxy) is 1. The van der Waals surface area contributed by atoms with Crippen LogP contribution in [-0.2, 0) is 40.3 Å². The third-order valence-corrected chi connectivity index (χ3v) is 7.63. The summed E-state index contributed by atoms with van der Waals surface area (Å²) in [5.74, 6) is -0.703. The maximum absolute atomic E-state index is 12.9. The van der Waals surface area contributed by atoms with Gasteiger partial charge >= 0.3 is 0 Å². The summed E-state index contributed by atoms with van der Waals surface area (Å²) >= 11 is 1.47. The smallest absolute Gasteiger partial charge is 0.265 e. The number of fused-ring (bicyclic) bond motifs is 1. The Labute approximate surface area is 191 Å². The molecule has 8 heteroatoms. The number of thiophene rings is 1. The average molecular weight is 454 g/mol. The largest absolute Gasteiger partial charge is 0.379 e. The third-order valence-electron chi connectivity index (χ3n) is 6.57. The summed E-state index contributed by atoms with van der Waals surface area (Å²) in [5, 5.41) is 4.44. The van der Waals surface area contributed by atoms with Crippen molar-refractivity contribution in [2.45, 2.75) is 44.8 Å². The van der Waals surface area contributed by atoms with Crippen LogP contribution in [0.25, 0.3) is 0 Å². The topological polar surface area (TPSA) is 79.0 Å². The van der Waals surface area contributed by atoms with Gasteiger partial charge in [-0.3, -0.25) is 24.6 Å². The van der Waals surface area contributed by atoms with Crippen molar-refractivity contribution in [1.29, 1.82) is 0 Å². The molecule has 1 unspecified atom stereocenters. The number of imide groups is 1. The zero-order valence-electron chi connectivity index (χ0n) is 18.0. The molecule has 0 aliphatic carbocycles. The molecule has 4 heterocycles. The molecule has 0 radical (unpaired) electrons. The first-order valence-electron chi connectivity index (χ1n) is 11.2. The maximum Gasteiger partial charge on any atom is 0.265 e. The molecule has 3 aliphatic rings. The van der Waals surface area contributed by atoms with E-state index in [4.69, 9.17) is 4.74 Å². The molecule has 7 nitrogen and oxygen atoms in total. The van der Waals surface area contributed by atoms with Gasteiger partial charge in [0.25, 0.3) is 5.91 Å². The van der Waals surface area contributed by atoms with E-state index in [1.54, 1.807) is 4.90 Å². The maximum atomic E-state index is 12.9. The number of hydrogen-bond acceptors (Lipinski definition) is 6. The first-order chi connectivity index (χ1) is 15.6. The number of benzene rings is 1. The van der Waals surface area contributed by atoms with Crippen LogP contribution < -0.4 is 5.32 Å². The molecule has 1 aromatic carbocycles. The van der Waals surface area contributed by atoms with E-state index in [-0.39, 0.29) is 24.1 Å². The Bertz CT molecular complexity index is 1030. The lowest BCUT2D eigenvalue weighted by atomic mass is 10.0. The van der Waals surface area contributed by atoms with Gasteiger partial charge in [-0.05, 0) is 46.9 Å². The van der Waals surface area contributed by atoms with E-state index < -0.39 is 6.04 Å². The van der Waals surface area contributed by atoms with Crippen LogP contribution in [0.3, 0.4) is 0 Å². The summed E-state index contributed by atoms with van der Waals surface area (Å²) in [6.45, 7) is 5.01. The number of nitrogens with one attached hydrogen (secondary N) is 1. The summed E-state index contributed by atoms with van der Waals surface area (Å²) in [4.78, 5) is 41.3. The van der Waals surface area contributed by atoms with E-state index in [2.05, 4.69) is 39.9 Å². The Morgan fingerprint density at radius 1 is 1.03 bits per heavy atom. The van der Waals surface area contributed by atoms with Gasteiger partial charge in [-0.25, -0.2) is 0 Å². The Kier molecular flexibility index (Phi) is 6.08. The van der Waals surface area contributed by atoms with Crippen molar-refractivity contribution in [3.8, 4) is 0 Å². The Morgan fingerprint density at radius 3 is 2.53 bits per heavy atom. The van der Waals surface area contributed by atoms with E-state index in [1.807, 2.05) is 0 Å². The fourth-order valence-electron chi connectivity index (χ4n) is 4.69. The normalized spacial score (nSPS) is 21.7. The summed E-state index contributed by atoms with van der Waals surface area (Å²) in [6, 6.07) is 8.26. The number of hydrogen-bond donors (Lipinski definition) is 1. The van der Waals surface area contributed by atoms with Crippen LogP contribution in [0.4, 0.5) is 0 Å². The van der Waals surface area contributed by atoms with Gasteiger partial charge in [-0.15, -0.1) is 11.3 Å². The van der Waals surface area contributed by atoms with Crippen LogP contribution in [0.5, 0.6) is 0 Å². The minimum Gasteiger partial charge on any atom is -0.379 e. The summed E-state index contributed by atoms with van der Waals surface area (Å²) in [7, 11) is 0. The van der Waals surface area contributed by atoms with E-state index in [1.165, 1.54) is 28.0 Å². The summed E-state index contributed by atoms with van der Waals surface area (Å²) < 4.78 is 5.41. The Hall–Kier alpha value is -2.55. The van der Waals surface area contributed by atoms with E-state index in [0.717, 1.165) is 56.1 Å². The molecule has 0 bridgehead atoms. The van der Waals surface area contributed by atoms with Gasteiger partial charge < -0.3 is 9.64 Å². The molecule has 0 spiro atoms. The molecule has 2 saturated heterocycles. The molecule has 0 saturated carbocycles. The predicted octanol–water partition coefficient (Wildman–Crippen LogP) is 2.13. The zero-order valence-corrected chi connectivity index (χ0v) is 18.8. The lowest BCUT2D eigenvalue weighted by molar-refractivity contribution is -0.136. The number of aryl methyl sites for hydroxylation is 2. The van der Waals surface area contributed by atoms with Gasteiger partial charge in [0.2, 0.25) is 11.8 Å². The second kappa shape index (κ2) is 9.13. The van der Waals surface area contributed by atoms with E-state index in [0.29, 0.717) is 13.0 Å². The number of rotatable bonds is 6. The number of nitrogens with zero attached hydrogens (tertiary/aromatic N) is 2. The lowest BCUT2D eigenvalue weighted by Crippen LogP contribution is -2.52. The van der Waals surface area contributed by atoms with Gasteiger partial charge in [0.15, 0.2) is 0 Å². The first-order valence-corrected chi connectivity index (χ1v) is 12.1. The molecule has 2 aromatic rings. The van der Waals surface area contributed by atoms with Crippen LogP contribution in [0.1, 0.15) is 44.8 Å². The second-order valence-corrected chi connectivity index (χ2v) is 9.55. The number of amides is 3. The Morgan fingerprint density at radius 2 is 1.78 bits per heavy atom. The van der Waals surface area contributed by atoms with Crippen molar-refractivity contribution in [1.82, 2.24) is 15.1 Å². The molecule has 32 heavy (non-hydrogen) atoms. The van der Waals surface area contributed by atoms with Crippen molar-refractivity contribution < 1.29 is 19.1 Å². The van der Waals surface area contributed by atoms with Crippen molar-refractivity contribution in [2.75, 3.05) is 26.3 Å². The number of carbonyl (C=O) groups excluding carboxylic acids is 3. The molecule has 5 rings (SSSR count). The van der Waals surface area contributed by atoms with Crippen LogP contribution in [-0.4, -0.2) is 59.9 Å². The number of carbonyl (C=O) groups is 3. The van der Waals surface area contributed by atoms with Crippen LogP contribution in [0.2, 0.25) is 0 Å². The quantitative estimate of drug-likeness (QED) is 0.678. The van der Waals surface area contributed by atoms with Crippen molar-refractivity contribution in [3.63, 3.8) is 0 Å². The minimum atomic E-state index is -0.549. The zero-order chi connectivity index (χ0) is 22.1. The summed E-state index contributed by atoms with van der Waals surface area (Å²) in [5.41, 5.74) is 4.83. The van der Waals surface area contributed by atoms with Gasteiger partial charge in [0, 0.05) is 32.6 Å². The van der Waals surface area contributed by atoms with Crippen LogP contribution in [0, 0.1) is 0 Å². The molecule has 2 fully saturated rings. The minimum absolute atomic E-state index is 0.0850. The summed E-state index contributed by atoms with van der Waals surface area (Å²) in [6.07, 6.45) is 2.46. The first kappa shape index (κ1) is 21.3. The molecule has 168 valence electrons. The fraction of sp³-hybridized carbons (Fsp3) is 0.458. The molecular weight excluding hydrogens is 426 g/mol. The highest BCUT2D eigenvalue weighted by molar-refractivity contribution is 7.12. The van der Waals surface area contributed by atoms with Crippen molar-refractivity contribution in [2.24, 2.45) is 0 Å². The monoisotopic (exact) mass is 453 g/mol. The van der Waals surface area contributed by atoms with Gasteiger partial charge in [0.1, 0.15) is 6.04 Å². The van der Waals surface area contributed by atoms with E-state index in [9.17, 15) is 14.4 Å². The SMILES string of the molecule is O=C1CCC(N2Cc3c(CCc4ccc(CN5CCOCC5)cc4)csc3C2=O)C(=O)N1. The highest BCUT2D eigenvalue weighted by atomic mass is 32.1. The highest BCUT2D eigenvalue weighted by Crippen LogP contribution is 2.34. The second-order valence-electron chi connectivity index (χ2n) is 8.67. The van der Waals surface area contributed by atoms with Gasteiger partial charge in [-0.1, -0.05) is 24.3 Å². The van der Waals surface area contributed by atoms with Gasteiger partial charge in [-0.2, -0.15) is 0 Å². The number of morpholine rings is 1. The predicted molar refractivity (Wildman–Crippen MR) is 120 cm³/mol. The van der Waals surface area contributed by atoms with Gasteiger partial charge in [0.05, 0.1) is 18.1 Å². The fourth-order valence-corrected chi connectivity index (χ4v) is 5.77. The van der Waals surface area contributed by atoms with Crippen molar-refractivity contribution in [3.05, 3.63) is 56.8 Å². The van der Waals surface area contributed by atoms with Crippen LogP contribution in [0.15, 0.2) is 29.6 Å². The van der Waals surface area contributed by atoms with Crippen LogP contribution >= 0.6 is 11.3 Å². The van der Waals surface area contributed by atoms with E-state index >= 15 is 0 Å². The molecule has 3 aliphatic heterocycles. The molecule has 1 aromatic heterocycles. The third kappa shape index (κ3) is 4.35. The molecular formula is C24H27N3O4S. The average Bonchev–Trinajstić information content (AvgIpc) is 3.34. The highest BCUT2D eigenvalue weighted by Gasteiger charge is 2.40. The number of piperidine rings is 1. The standard InChI is InChI=1S/C24H27N3O4S/c28-21-8-7-20(23(29)25-21)27-14-19-18(15-32-22(19)24(27)30)6-5-16-1-3-17(4-2-16)13-26-9-11-31-12-10-26/h1-4,15,20H,5-14H2,(H,25,28,29). The Balaban J connectivity index is 1.19. The lowest BCUT2D eigenvalue weighted by Gasteiger charge is -2.29. The molecule has 3 amide bonds. The molecule has 1 N–H and O–H groups in total.